The lowest BCUT2D eigenvalue weighted by molar-refractivity contribution is 0.0559. The molecule has 0 spiro atoms. The third-order valence-corrected chi connectivity index (χ3v) is 4.80. The molecule has 2 aliphatic heterocycles. The van der Waals surface area contributed by atoms with Crippen LogP contribution in [-0.4, -0.2) is 54.7 Å². The van der Waals surface area contributed by atoms with E-state index in [-0.39, 0.29) is 0 Å². The summed E-state index contributed by atoms with van der Waals surface area (Å²) in [6.07, 6.45) is 3.85. The fraction of sp³-hybridized carbons (Fsp3) is 0.647. The summed E-state index contributed by atoms with van der Waals surface area (Å²) in [7, 11) is 0. The largest absolute Gasteiger partial charge is 0.494 e. The van der Waals surface area contributed by atoms with Gasteiger partial charge in [-0.1, -0.05) is 0 Å². The predicted molar refractivity (Wildman–Crippen MR) is 86.6 cm³/mol. The molecule has 21 heavy (non-hydrogen) atoms. The van der Waals surface area contributed by atoms with Crippen LogP contribution in [0.1, 0.15) is 26.2 Å². The summed E-state index contributed by atoms with van der Waals surface area (Å²) in [5, 5.41) is 0. The van der Waals surface area contributed by atoms with Gasteiger partial charge in [0.1, 0.15) is 5.75 Å². The van der Waals surface area contributed by atoms with E-state index < -0.39 is 0 Å². The standard InChI is InChI=1S/C17H27N3O/c1-14-12-20-9-2-4-16(20)13-19(14)10-3-11-21-17-7-5-15(18)6-8-17/h5-8,14,16H,2-4,9-13,18H2,1H3. The van der Waals surface area contributed by atoms with Crippen molar-refractivity contribution in [2.24, 2.45) is 0 Å². The van der Waals surface area contributed by atoms with Gasteiger partial charge in [0.2, 0.25) is 0 Å². The molecule has 4 heteroatoms. The Morgan fingerprint density at radius 2 is 2.05 bits per heavy atom. The van der Waals surface area contributed by atoms with E-state index >= 15 is 0 Å². The van der Waals surface area contributed by atoms with E-state index in [0.717, 1.165) is 37.1 Å². The van der Waals surface area contributed by atoms with Gasteiger partial charge in [-0.15, -0.1) is 0 Å². The molecule has 0 aliphatic carbocycles. The van der Waals surface area contributed by atoms with Crippen molar-refractivity contribution >= 4 is 5.69 Å². The number of nitrogens with two attached hydrogens (primary N) is 1. The minimum atomic E-state index is 0.677. The molecule has 0 saturated carbocycles. The summed E-state index contributed by atoms with van der Waals surface area (Å²) in [6, 6.07) is 9.13. The van der Waals surface area contributed by atoms with Gasteiger partial charge in [-0.05, 0) is 57.0 Å². The Hall–Kier alpha value is -1.26. The molecule has 2 aliphatic rings. The average Bonchev–Trinajstić information content (AvgIpc) is 2.92. The fourth-order valence-electron chi connectivity index (χ4n) is 3.58. The van der Waals surface area contributed by atoms with Gasteiger partial charge in [0.15, 0.2) is 0 Å². The monoisotopic (exact) mass is 289 g/mol. The maximum absolute atomic E-state index is 5.78. The SMILES string of the molecule is CC1CN2CCCC2CN1CCCOc1ccc(N)cc1. The number of piperazine rings is 1. The highest BCUT2D eigenvalue weighted by molar-refractivity contribution is 5.41. The van der Waals surface area contributed by atoms with Crippen LogP contribution in [0, 0.1) is 0 Å². The van der Waals surface area contributed by atoms with Crippen LogP contribution < -0.4 is 10.5 Å². The van der Waals surface area contributed by atoms with Gasteiger partial charge in [-0.3, -0.25) is 9.80 Å². The number of hydrogen-bond acceptors (Lipinski definition) is 4. The second kappa shape index (κ2) is 6.67. The Bertz CT molecular complexity index is 448. The quantitative estimate of drug-likeness (QED) is 0.666. The summed E-state index contributed by atoms with van der Waals surface area (Å²) in [5.74, 6) is 0.915. The molecule has 0 radical (unpaired) electrons. The molecule has 0 aromatic heterocycles. The first kappa shape index (κ1) is 14.7. The van der Waals surface area contributed by atoms with Crippen LogP contribution in [0.5, 0.6) is 5.75 Å². The van der Waals surface area contributed by atoms with E-state index in [1.54, 1.807) is 0 Å². The van der Waals surface area contributed by atoms with Gasteiger partial charge < -0.3 is 10.5 Å². The summed E-state index contributed by atoms with van der Waals surface area (Å²) < 4.78 is 5.78. The van der Waals surface area contributed by atoms with E-state index in [2.05, 4.69) is 16.7 Å². The number of nitrogen functional groups attached to an aromatic ring is 1. The van der Waals surface area contributed by atoms with Crippen molar-refractivity contribution in [3.05, 3.63) is 24.3 Å². The second-order valence-electron chi connectivity index (χ2n) is 6.41. The first-order valence-electron chi connectivity index (χ1n) is 8.19. The van der Waals surface area contributed by atoms with Gasteiger partial charge in [-0.25, -0.2) is 0 Å². The molecule has 2 heterocycles. The molecule has 1 aromatic carbocycles. The van der Waals surface area contributed by atoms with Crippen molar-refractivity contribution < 1.29 is 4.74 Å². The highest BCUT2D eigenvalue weighted by atomic mass is 16.5. The third kappa shape index (κ3) is 3.69. The number of fused-ring (bicyclic) bond motifs is 1. The average molecular weight is 289 g/mol. The Balaban J connectivity index is 1.39. The smallest absolute Gasteiger partial charge is 0.119 e. The van der Waals surface area contributed by atoms with Crippen LogP contribution in [0.25, 0.3) is 0 Å². The normalized spacial score (nSPS) is 26.7. The zero-order valence-electron chi connectivity index (χ0n) is 13.0. The lowest BCUT2D eigenvalue weighted by Gasteiger charge is -2.42. The minimum Gasteiger partial charge on any atom is -0.494 e. The Morgan fingerprint density at radius 1 is 1.24 bits per heavy atom. The van der Waals surface area contributed by atoms with Crippen LogP contribution in [-0.2, 0) is 0 Å². The van der Waals surface area contributed by atoms with Crippen molar-refractivity contribution in [2.45, 2.75) is 38.3 Å². The molecular weight excluding hydrogens is 262 g/mol. The van der Waals surface area contributed by atoms with Crippen molar-refractivity contribution in [1.82, 2.24) is 9.80 Å². The molecule has 3 rings (SSSR count). The summed E-state index contributed by atoms with van der Waals surface area (Å²) in [4.78, 5) is 5.31. The number of ether oxygens (including phenoxy) is 1. The van der Waals surface area contributed by atoms with Gasteiger partial charge in [0.05, 0.1) is 6.61 Å². The van der Waals surface area contributed by atoms with Crippen LogP contribution in [0.2, 0.25) is 0 Å². The highest BCUT2D eigenvalue weighted by Gasteiger charge is 2.33. The highest BCUT2D eigenvalue weighted by Crippen LogP contribution is 2.24. The lowest BCUT2D eigenvalue weighted by atomic mass is 10.1. The summed E-state index contributed by atoms with van der Waals surface area (Å²) in [6.45, 7) is 8.06. The topological polar surface area (TPSA) is 41.7 Å². The molecule has 2 saturated heterocycles. The molecule has 2 unspecified atom stereocenters. The van der Waals surface area contributed by atoms with Gasteiger partial charge in [-0.2, -0.15) is 0 Å². The zero-order chi connectivity index (χ0) is 14.7. The van der Waals surface area contributed by atoms with Gasteiger partial charge in [0, 0.05) is 37.4 Å². The minimum absolute atomic E-state index is 0.677. The molecule has 1 aromatic rings. The van der Waals surface area contributed by atoms with Crippen molar-refractivity contribution in [1.29, 1.82) is 0 Å². The molecule has 2 atom stereocenters. The predicted octanol–water partition coefficient (Wildman–Crippen LogP) is 2.21. The first-order valence-corrected chi connectivity index (χ1v) is 8.19. The number of benzene rings is 1. The maximum atomic E-state index is 5.78. The van der Waals surface area contributed by atoms with Crippen LogP contribution in [0.3, 0.4) is 0 Å². The number of rotatable bonds is 5. The third-order valence-electron chi connectivity index (χ3n) is 4.80. The van der Waals surface area contributed by atoms with Gasteiger partial charge >= 0.3 is 0 Å². The van der Waals surface area contributed by atoms with E-state index in [1.165, 1.54) is 32.5 Å². The summed E-state index contributed by atoms with van der Waals surface area (Å²) in [5.41, 5.74) is 6.45. The number of hydrogen-bond donors (Lipinski definition) is 1. The van der Waals surface area contributed by atoms with Crippen molar-refractivity contribution in [2.75, 3.05) is 38.5 Å². The second-order valence-corrected chi connectivity index (χ2v) is 6.41. The van der Waals surface area contributed by atoms with Crippen molar-refractivity contribution in [3.63, 3.8) is 0 Å². The van der Waals surface area contributed by atoms with Gasteiger partial charge in [0.25, 0.3) is 0 Å². The first-order chi connectivity index (χ1) is 10.2. The van der Waals surface area contributed by atoms with Crippen LogP contribution in [0.15, 0.2) is 24.3 Å². The lowest BCUT2D eigenvalue weighted by Crippen LogP contribution is -2.55. The van der Waals surface area contributed by atoms with E-state index in [0.29, 0.717) is 6.04 Å². The summed E-state index contributed by atoms with van der Waals surface area (Å²) >= 11 is 0. The molecule has 2 fully saturated rings. The molecule has 0 bridgehead atoms. The Morgan fingerprint density at radius 3 is 2.86 bits per heavy atom. The number of anilines is 1. The fourth-order valence-corrected chi connectivity index (χ4v) is 3.58. The maximum Gasteiger partial charge on any atom is 0.119 e. The Labute approximate surface area is 127 Å². The van der Waals surface area contributed by atoms with E-state index in [9.17, 15) is 0 Å². The molecular formula is C17H27N3O. The molecule has 4 nitrogen and oxygen atoms in total. The van der Waals surface area contributed by atoms with Crippen LogP contribution in [0.4, 0.5) is 5.69 Å². The van der Waals surface area contributed by atoms with E-state index in [1.807, 2.05) is 24.3 Å². The van der Waals surface area contributed by atoms with Crippen molar-refractivity contribution in [3.8, 4) is 5.75 Å². The van der Waals surface area contributed by atoms with Crippen LogP contribution >= 0.6 is 0 Å². The Kier molecular flexibility index (Phi) is 4.66. The number of nitrogens with zero attached hydrogens (tertiary/aromatic N) is 2. The molecule has 0 amide bonds. The zero-order valence-corrected chi connectivity index (χ0v) is 13.0. The van der Waals surface area contributed by atoms with E-state index in [4.69, 9.17) is 10.5 Å². The molecule has 116 valence electrons. The molecule has 2 N–H and O–H groups in total.